The van der Waals surface area contributed by atoms with Gasteiger partial charge >= 0.3 is 0 Å². The zero-order valence-corrected chi connectivity index (χ0v) is 15.9. The highest BCUT2D eigenvalue weighted by Gasteiger charge is 2.25. The Morgan fingerprint density at radius 2 is 1.86 bits per heavy atom. The molecule has 0 spiro atoms. The maximum atomic E-state index is 14.5. The molecule has 4 rings (SSSR count). The number of hydrogen-bond acceptors (Lipinski definition) is 5. The average Bonchev–Trinajstić information content (AvgIpc) is 2.69. The Bertz CT molecular complexity index is 1180. The predicted octanol–water partition coefficient (Wildman–Crippen LogP) is 3.70. The van der Waals surface area contributed by atoms with Gasteiger partial charge < -0.3 is 10.1 Å². The van der Waals surface area contributed by atoms with Crippen LogP contribution >= 0.6 is 0 Å². The summed E-state index contributed by atoms with van der Waals surface area (Å²) in [6.45, 7) is 0. The molecule has 0 saturated carbocycles. The van der Waals surface area contributed by atoms with Crippen molar-refractivity contribution in [1.29, 1.82) is 0 Å². The van der Waals surface area contributed by atoms with Crippen molar-refractivity contribution in [3.8, 4) is 11.6 Å². The van der Waals surface area contributed by atoms with Crippen molar-refractivity contribution in [2.75, 3.05) is 10.0 Å². The molecule has 2 N–H and O–H groups in total. The molecule has 3 aromatic rings. The van der Waals surface area contributed by atoms with Gasteiger partial charge in [0.1, 0.15) is 22.1 Å². The SMILES string of the molecule is O=C1CCc2cc(S(=O)(=O)Nc3cccnc3Oc3ccccc3)c(F)cc2N1. The molecule has 29 heavy (non-hydrogen) atoms. The summed E-state index contributed by atoms with van der Waals surface area (Å²) >= 11 is 0. The van der Waals surface area contributed by atoms with E-state index in [1.54, 1.807) is 24.3 Å². The normalized spacial score (nSPS) is 13.3. The van der Waals surface area contributed by atoms with Gasteiger partial charge in [0.25, 0.3) is 10.0 Å². The maximum absolute atomic E-state index is 14.5. The molecule has 0 unspecified atom stereocenters. The van der Waals surface area contributed by atoms with Crippen molar-refractivity contribution in [1.82, 2.24) is 4.98 Å². The van der Waals surface area contributed by atoms with Crippen LogP contribution in [-0.4, -0.2) is 19.3 Å². The first-order valence-corrected chi connectivity index (χ1v) is 10.2. The van der Waals surface area contributed by atoms with E-state index in [0.717, 1.165) is 6.07 Å². The number of amides is 1. The van der Waals surface area contributed by atoms with E-state index in [-0.39, 0.29) is 29.6 Å². The molecule has 1 aliphatic heterocycles. The number of benzene rings is 2. The van der Waals surface area contributed by atoms with E-state index < -0.39 is 20.7 Å². The van der Waals surface area contributed by atoms with Crippen molar-refractivity contribution in [3.05, 3.63) is 72.2 Å². The van der Waals surface area contributed by atoms with E-state index in [1.165, 1.54) is 24.4 Å². The molecular weight excluding hydrogens is 397 g/mol. The number of carbonyl (C=O) groups excluding carboxylic acids is 1. The minimum atomic E-state index is -4.26. The van der Waals surface area contributed by atoms with Crippen LogP contribution in [0.1, 0.15) is 12.0 Å². The van der Waals surface area contributed by atoms with Crippen LogP contribution in [0.4, 0.5) is 15.8 Å². The first-order chi connectivity index (χ1) is 13.9. The van der Waals surface area contributed by atoms with E-state index in [0.29, 0.717) is 17.7 Å². The fourth-order valence-electron chi connectivity index (χ4n) is 2.94. The van der Waals surface area contributed by atoms with Gasteiger partial charge in [-0.2, -0.15) is 0 Å². The highest BCUT2D eigenvalue weighted by atomic mass is 32.2. The van der Waals surface area contributed by atoms with Gasteiger partial charge in [-0.3, -0.25) is 9.52 Å². The van der Waals surface area contributed by atoms with Crippen molar-refractivity contribution < 1.29 is 22.3 Å². The smallest absolute Gasteiger partial charge is 0.265 e. The number of halogens is 1. The van der Waals surface area contributed by atoms with Crippen molar-refractivity contribution >= 4 is 27.3 Å². The van der Waals surface area contributed by atoms with Gasteiger partial charge in [-0.15, -0.1) is 0 Å². The average molecular weight is 413 g/mol. The Labute approximate surface area is 166 Å². The lowest BCUT2D eigenvalue weighted by molar-refractivity contribution is -0.116. The number of pyridine rings is 1. The van der Waals surface area contributed by atoms with Crippen molar-refractivity contribution in [3.63, 3.8) is 0 Å². The number of nitrogens with one attached hydrogen (secondary N) is 2. The van der Waals surface area contributed by atoms with Gasteiger partial charge in [0.15, 0.2) is 0 Å². The van der Waals surface area contributed by atoms with E-state index >= 15 is 0 Å². The first-order valence-electron chi connectivity index (χ1n) is 8.75. The lowest BCUT2D eigenvalue weighted by Gasteiger charge is -2.19. The molecular formula is C20H16FN3O4S. The fraction of sp³-hybridized carbons (Fsp3) is 0.100. The molecule has 1 aliphatic rings. The molecule has 2 aromatic carbocycles. The molecule has 0 saturated heterocycles. The van der Waals surface area contributed by atoms with Crippen LogP contribution in [0.5, 0.6) is 11.6 Å². The van der Waals surface area contributed by atoms with Gasteiger partial charge in [-0.25, -0.2) is 17.8 Å². The minimum Gasteiger partial charge on any atom is -0.437 e. The minimum absolute atomic E-state index is 0.0351. The first kappa shape index (κ1) is 18.9. The van der Waals surface area contributed by atoms with E-state index in [2.05, 4.69) is 15.0 Å². The molecule has 1 amide bonds. The maximum Gasteiger partial charge on any atom is 0.265 e. The van der Waals surface area contributed by atoms with Crippen LogP contribution < -0.4 is 14.8 Å². The summed E-state index contributed by atoms with van der Waals surface area (Å²) < 4.78 is 48.2. The number of aryl methyl sites for hydroxylation is 1. The lowest BCUT2D eigenvalue weighted by Crippen LogP contribution is -2.21. The summed E-state index contributed by atoms with van der Waals surface area (Å²) in [5.41, 5.74) is 0.910. The van der Waals surface area contributed by atoms with E-state index in [1.807, 2.05) is 6.07 Å². The number of para-hydroxylation sites is 1. The number of carbonyl (C=O) groups is 1. The highest BCUT2D eigenvalue weighted by Crippen LogP contribution is 2.32. The second-order valence-electron chi connectivity index (χ2n) is 6.36. The summed E-state index contributed by atoms with van der Waals surface area (Å²) in [7, 11) is -4.26. The second-order valence-corrected chi connectivity index (χ2v) is 8.02. The third-order valence-electron chi connectivity index (χ3n) is 4.32. The van der Waals surface area contributed by atoms with Crippen LogP contribution in [0.3, 0.4) is 0 Å². The summed E-state index contributed by atoms with van der Waals surface area (Å²) in [5.74, 6) is -0.688. The molecule has 7 nitrogen and oxygen atoms in total. The van der Waals surface area contributed by atoms with Crippen molar-refractivity contribution in [2.45, 2.75) is 17.7 Å². The monoisotopic (exact) mass is 413 g/mol. The molecule has 148 valence electrons. The molecule has 0 atom stereocenters. The number of sulfonamides is 1. The molecule has 2 heterocycles. The standard InChI is InChI=1S/C20H16FN3O4S/c21-15-12-17-13(8-9-19(25)23-17)11-18(15)29(26,27)24-16-7-4-10-22-20(16)28-14-5-2-1-3-6-14/h1-7,10-12,24H,8-9H2,(H,23,25). The molecule has 0 fully saturated rings. The van der Waals surface area contributed by atoms with Crippen LogP contribution in [0.2, 0.25) is 0 Å². The fourth-order valence-corrected chi connectivity index (χ4v) is 4.10. The molecule has 1 aromatic heterocycles. The van der Waals surface area contributed by atoms with Gasteiger partial charge in [0.05, 0.1) is 0 Å². The summed E-state index contributed by atoms with van der Waals surface area (Å²) in [6.07, 6.45) is 2.00. The predicted molar refractivity (Wildman–Crippen MR) is 105 cm³/mol. The Hall–Kier alpha value is -3.46. The van der Waals surface area contributed by atoms with Gasteiger partial charge in [-0.05, 0) is 48.4 Å². The molecule has 0 bridgehead atoms. The van der Waals surface area contributed by atoms with Gasteiger partial charge in [-0.1, -0.05) is 18.2 Å². The molecule has 9 heteroatoms. The van der Waals surface area contributed by atoms with Gasteiger partial charge in [0, 0.05) is 18.3 Å². The zero-order chi connectivity index (χ0) is 20.4. The third-order valence-corrected chi connectivity index (χ3v) is 5.70. The second kappa shape index (κ2) is 7.51. The Kier molecular flexibility index (Phi) is 4.89. The van der Waals surface area contributed by atoms with Crippen LogP contribution in [0, 0.1) is 5.82 Å². The Morgan fingerprint density at radius 3 is 2.66 bits per heavy atom. The topological polar surface area (TPSA) is 97.4 Å². The van der Waals surface area contributed by atoms with E-state index in [4.69, 9.17) is 4.74 Å². The summed E-state index contributed by atoms with van der Waals surface area (Å²) in [5, 5.41) is 2.54. The quantitative estimate of drug-likeness (QED) is 0.665. The number of aromatic nitrogens is 1. The largest absolute Gasteiger partial charge is 0.437 e. The van der Waals surface area contributed by atoms with Crippen LogP contribution in [-0.2, 0) is 21.2 Å². The Balaban J connectivity index is 1.66. The summed E-state index contributed by atoms with van der Waals surface area (Å²) in [4.78, 5) is 15.0. The number of fused-ring (bicyclic) bond motifs is 1. The third kappa shape index (κ3) is 4.04. The number of ether oxygens (including phenoxy) is 1. The molecule has 0 aliphatic carbocycles. The van der Waals surface area contributed by atoms with Crippen LogP contribution in [0.25, 0.3) is 0 Å². The number of hydrogen-bond donors (Lipinski definition) is 2. The number of nitrogens with zero attached hydrogens (tertiary/aromatic N) is 1. The number of anilines is 2. The highest BCUT2D eigenvalue weighted by molar-refractivity contribution is 7.92. The van der Waals surface area contributed by atoms with Gasteiger partial charge in [0.2, 0.25) is 11.8 Å². The van der Waals surface area contributed by atoms with Crippen molar-refractivity contribution in [2.24, 2.45) is 0 Å². The number of rotatable bonds is 5. The van der Waals surface area contributed by atoms with Crippen LogP contribution in [0.15, 0.2) is 65.7 Å². The Morgan fingerprint density at radius 1 is 1.07 bits per heavy atom. The zero-order valence-electron chi connectivity index (χ0n) is 15.1. The lowest BCUT2D eigenvalue weighted by atomic mass is 10.0. The molecule has 0 radical (unpaired) electrons. The summed E-state index contributed by atoms with van der Waals surface area (Å²) in [6, 6.07) is 14.0. The van der Waals surface area contributed by atoms with E-state index in [9.17, 15) is 17.6 Å².